The zero-order chi connectivity index (χ0) is 24.0. The fourth-order valence-electron chi connectivity index (χ4n) is 4.80. The van der Waals surface area contributed by atoms with Crippen LogP contribution in [0.4, 0.5) is 11.4 Å². The summed E-state index contributed by atoms with van der Waals surface area (Å²) in [7, 11) is -3.00. The van der Waals surface area contributed by atoms with Crippen molar-refractivity contribution >= 4 is 55.6 Å². The minimum absolute atomic E-state index is 0.0283. The van der Waals surface area contributed by atoms with E-state index >= 15 is 0 Å². The lowest BCUT2D eigenvalue weighted by Gasteiger charge is -2.41. The molecule has 2 aromatic rings. The molecule has 3 aliphatic rings. The Labute approximate surface area is 209 Å². The molecule has 2 aromatic carbocycles. The van der Waals surface area contributed by atoms with Crippen molar-refractivity contribution in [2.45, 2.75) is 31.2 Å². The van der Waals surface area contributed by atoms with Gasteiger partial charge in [0.2, 0.25) is 0 Å². The third-order valence-corrected chi connectivity index (χ3v) is 9.99. The molecule has 180 valence electrons. The largest absolute Gasteiger partial charge is 0.365 e. The van der Waals surface area contributed by atoms with E-state index < -0.39 is 9.84 Å². The summed E-state index contributed by atoms with van der Waals surface area (Å²) in [5.74, 6) is 0.213. The lowest BCUT2D eigenvalue weighted by Crippen LogP contribution is -2.53. The zero-order valence-electron chi connectivity index (χ0n) is 19.1. The average Bonchev–Trinajstić information content (AvgIpc) is 3.27. The molecule has 3 atom stereocenters. The van der Waals surface area contributed by atoms with Crippen LogP contribution in [0.2, 0.25) is 5.02 Å². The molecule has 7 nitrogen and oxygen atoms in total. The van der Waals surface area contributed by atoms with Crippen LogP contribution < -0.4 is 10.2 Å². The molecule has 10 heteroatoms. The number of nitrogens with zero attached hydrogens (tertiary/aromatic N) is 3. The van der Waals surface area contributed by atoms with Crippen LogP contribution in [0.1, 0.15) is 22.8 Å². The molecule has 0 aliphatic carbocycles. The van der Waals surface area contributed by atoms with E-state index in [1.165, 1.54) is 23.0 Å². The third kappa shape index (κ3) is 4.78. The molecule has 2 saturated heterocycles. The maximum Gasteiger partial charge on any atom is 0.254 e. The third-order valence-electron chi connectivity index (χ3n) is 6.52. The van der Waals surface area contributed by atoms with Crippen LogP contribution in [-0.4, -0.2) is 72.9 Å². The topological polar surface area (TPSA) is 82.1 Å². The number of benzene rings is 2. The monoisotopic (exact) mass is 518 g/mol. The molecular weight excluding hydrogens is 492 g/mol. The van der Waals surface area contributed by atoms with Gasteiger partial charge in [0.15, 0.2) is 15.0 Å². The molecule has 0 spiro atoms. The van der Waals surface area contributed by atoms with Crippen molar-refractivity contribution in [1.29, 1.82) is 0 Å². The second-order valence-corrected chi connectivity index (χ2v) is 13.0. The van der Waals surface area contributed by atoms with Gasteiger partial charge in [0.05, 0.1) is 28.3 Å². The van der Waals surface area contributed by atoms with Gasteiger partial charge in [0, 0.05) is 42.2 Å². The highest BCUT2D eigenvalue weighted by Gasteiger charge is 2.42. The van der Waals surface area contributed by atoms with Crippen LogP contribution in [0.5, 0.6) is 0 Å². The fourth-order valence-corrected chi connectivity index (χ4v) is 8.63. The minimum Gasteiger partial charge on any atom is -0.365 e. The number of amides is 1. The van der Waals surface area contributed by atoms with Crippen LogP contribution in [0, 0.1) is 6.92 Å². The number of sulfone groups is 1. The maximum absolute atomic E-state index is 13.3. The van der Waals surface area contributed by atoms with Crippen LogP contribution in [0.15, 0.2) is 47.5 Å². The minimum atomic E-state index is -3.00. The molecule has 1 amide bonds. The SMILES string of the molecule is Cc1cccc(N2CCN(C(=O)c3ccc(Cl)c(NC4=N[C@@H]5CS(=O)(=O)C[C@H]5S4)c3)C[C@H]2C)c1. The number of piperazine rings is 1. The number of aryl methyl sites for hydroxylation is 1. The number of hydrogen-bond acceptors (Lipinski definition) is 7. The molecule has 5 rings (SSSR count). The second kappa shape index (κ2) is 9.09. The number of carbonyl (C=O) groups excluding carboxylic acids is 1. The quantitative estimate of drug-likeness (QED) is 0.667. The Morgan fingerprint density at radius 2 is 2.00 bits per heavy atom. The Hall–Kier alpha value is -2.23. The Bertz CT molecular complexity index is 1270. The number of rotatable bonds is 3. The van der Waals surface area contributed by atoms with E-state index in [1.807, 2.05) is 4.90 Å². The average molecular weight is 519 g/mol. The molecule has 0 unspecified atom stereocenters. The molecule has 2 fully saturated rings. The highest BCUT2D eigenvalue weighted by atomic mass is 35.5. The van der Waals surface area contributed by atoms with Crippen LogP contribution in [0.25, 0.3) is 0 Å². The normalized spacial score (nSPS) is 25.7. The number of amidine groups is 1. The van der Waals surface area contributed by atoms with E-state index in [9.17, 15) is 13.2 Å². The number of anilines is 2. The van der Waals surface area contributed by atoms with Gasteiger partial charge in [-0.05, 0) is 49.7 Å². The Balaban J connectivity index is 1.27. The van der Waals surface area contributed by atoms with Crippen molar-refractivity contribution in [3.05, 3.63) is 58.6 Å². The second-order valence-electron chi connectivity index (χ2n) is 9.19. The van der Waals surface area contributed by atoms with Crippen molar-refractivity contribution in [2.24, 2.45) is 4.99 Å². The van der Waals surface area contributed by atoms with Gasteiger partial charge >= 0.3 is 0 Å². The molecule has 0 saturated carbocycles. The highest BCUT2D eigenvalue weighted by Crippen LogP contribution is 2.36. The summed E-state index contributed by atoms with van der Waals surface area (Å²) in [4.78, 5) is 22.1. The van der Waals surface area contributed by atoms with E-state index in [-0.39, 0.29) is 34.7 Å². The number of thioether (sulfide) groups is 1. The summed E-state index contributed by atoms with van der Waals surface area (Å²) in [6, 6.07) is 13.7. The van der Waals surface area contributed by atoms with Gasteiger partial charge in [-0.2, -0.15) is 0 Å². The highest BCUT2D eigenvalue weighted by molar-refractivity contribution is 8.15. The van der Waals surface area contributed by atoms with Crippen molar-refractivity contribution in [3.63, 3.8) is 0 Å². The van der Waals surface area contributed by atoms with E-state index in [2.05, 4.69) is 53.3 Å². The molecule has 0 bridgehead atoms. The maximum atomic E-state index is 13.3. The summed E-state index contributed by atoms with van der Waals surface area (Å²) in [6.07, 6.45) is 0. The molecular formula is C24H27ClN4O3S2. The van der Waals surface area contributed by atoms with E-state index in [0.29, 0.717) is 34.5 Å². The summed E-state index contributed by atoms with van der Waals surface area (Å²) in [6.45, 7) is 6.28. The lowest BCUT2D eigenvalue weighted by atomic mass is 10.1. The van der Waals surface area contributed by atoms with Gasteiger partial charge in [-0.25, -0.2) is 8.42 Å². The van der Waals surface area contributed by atoms with Crippen molar-refractivity contribution in [3.8, 4) is 0 Å². The number of fused-ring (bicyclic) bond motifs is 1. The van der Waals surface area contributed by atoms with Gasteiger partial charge in [0.25, 0.3) is 5.91 Å². The smallest absolute Gasteiger partial charge is 0.254 e. The van der Waals surface area contributed by atoms with E-state index in [4.69, 9.17) is 11.6 Å². The predicted molar refractivity (Wildman–Crippen MR) is 140 cm³/mol. The summed E-state index contributed by atoms with van der Waals surface area (Å²) < 4.78 is 23.6. The summed E-state index contributed by atoms with van der Waals surface area (Å²) >= 11 is 7.83. The first-order valence-corrected chi connectivity index (χ1v) is 14.4. The summed E-state index contributed by atoms with van der Waals surface area (Å²) in [5, 5.41) is 4.30. The molecule has 3 aliphatic heterocycles. The van der Waals surface area contributed by atoms with Crippen molar-refractivity contribution in [2.75, 3.05) is 41.4 Å². The van der Waals surface area contributed by atoms with Gasteiger partial charge in [-0.3, -0.25) is 9.79 Å². The standard InChI is InChI=1S/C24H27ClN4O3S2/c1-15-4-3-5-18(10-15)29-9-8-28(12-16(29)2)23(30)17-6-7-19(25)20(11-17)26-24-27-21-13-34(31,32)14-22(21)33-24/h3-7,10-11,16,21-22H,8-9,12-14H2,1-2H3,(H,26,27)/t16-,21-,22-/m1/s1. The molecule has 3 heterocycles. The predicted octanol–water partition coefficient (Wildman–Crippen LogP) is 3.68. The van der Waals surface area contributed by atoms with Gasteiger partial charge < -0.3 is 15.1 Å². The Kier molecular flexibility index (Phi) is 6.29. The first-order valence-electron chi connectivity index (χ1n) is 11.3. The van der Waals surface area contributed by atoms with Crippen molar-refractivity contribution in [1.82, 2.24) is 4.90 Å². The van der Waals surface area contributed by atoms with Crippen LogP contribution in [-0.2, 0) is 9.84 Å². The van der Waals surface area contributed by atoms with E-state index in [1.54, 1.807) is 18.2 Å². The first kappa shape index (κ1) is 23.5. The summed E-state index contributed by atoms with van der Waals surface area (Å²) in [5.41, 5.74) is 3.58. The number of hydrogen-bond donors (Lipinski definition) is 1. The number of halogens is 1. The molecule has 1 N–H and O–H groups in total. The lowest BCUT2D eigenvalue weighted by molar-refractivity contribution is 0.0726. The first-order chi connectivity index (χ1) is 16.2. The number of carbonyl (C=O) groups is 1. The van der Waals surface area contributed by atoms with Crippen LogP contribution >= 0.6 is 23.4 Å². The molecule has 0 aromatic heterocycles. The van der Waals surface area contributed by atoms with E-state index in [0.717, 1.165) is 6.54 Å². The molecule has 0 radical (unpaired) electrons. The molecule has 34 heavy (non-hydrogen) atoms. The van der Waals surface area contributed by atoms with Crippen molar-refractivity contribution < 1.29 is 13.2 Å². The fraction of sp³-hybridized carbons (Fsp3) is 0.417. The van der Waals surface area contributed by atoms with Gasteiger partial charge in [-0.1, -0.05) is 35.5 Å². The number of nitrogens with one attached hydrogen (secondary N) is 1. The van der Waals surface area contributed by atoms with Gasteiger partial charge in [0.1, 0.15) is 0 Å². The Morgan fingerprint density at radius 3 is 2.74 bits per heavy atom. The van der Waals surface area contributed by atoms with Gasteiger partial charge in [-0.15, -0.1) is 0 Å². The number of aliphatic imine (C=N–C) groups is 1. The van der Waals surface area contributed by atoms with Crippen LogP contribution in [0.3, 0.4) is 0 Å². The Morgan fingerprint density at radius 1 is 1.18 bits per heavy atom. The zero-order valence-corrected chi connectivity index (χ0v) is 21.5.